The predicted octanol–water partition coefficient (Wildman–Crippen LogP) is 3.07. The molecule has 2 heterocycles. The molecule has 1 saturated heterocycles. The Balaban J connectivity index is 1.50. The van der Waals surface area contributed by atoms with Crippen LogP contribution < -0.4 is 4.90 Å². The highest BCUT2D eigenvalue weighted by molar-refractivity contribution is 5.93. The monoisotopic (exact) mass is 379 g/mol. The van der Waals surface area contributed by atoms with Gasteiger partial charge in [-0.3, -0.25) is 4.79 Å². The highest BCUT2D eigenvalue weighted by atomic mass is 19.1. The van der Waals surface area contributed by atoms with Gasteiger partial charge in [0.05, 0.1) is 11.4 Å². The summed E-state index contributed by atoms with van der Waals surface area (Å²) in [5.74, 6) is -0.425. The van der Waals surface area contributed by atoms with E-state index >= 15 is 0 Å². The smallest absolute Gasteiger partial charge is 0.276 e. The number of rotatable bonds is 3. The lowest BCUT2D eigenvalue weighted by atomic mass is 10.2. The van der Waals surface area contributed by atoms with Crippen molar-refractivity contribution < 1.29 is 9.18 Å². The molecule has 28 heavy (non-hydrogen) atoms. The molecule has 0 aliphatic carbocycles. The zero-order valence-electron chi connectivity index (χ0n) is 15.8. The van der Waals surface area contributed by atoms with E-state index in [1.54, 1.807) is 16.8 Å². The first-order valence-electron chi connectivity index (χ1n) is 9.41. The van der Waals surface area contributed by atoms with Gasteiger partial charge >= 0.3 is 0 Å². The summed E-state index contributed by atoms with van der Waals surface area (Å²) >= 11 is 0. The van der Waals surface area contributed by atoms with Crippen LogP contribution in [0.15, 0.2) is 54.6 Å². The maximum atomic E-state index is 13.2. The molecule has 0 bridgehead atoms. The van der Waals surface area contributed by atoms with E-state index in [4.69, 9.17) is 0 Å². The number of para-hydroxylation sites is 1. The first-order chi connectivity index (χ1) is 13.6. The SMILES string of the molecule is Cc1c(C(=O)N2CCCN(c3ccccc3)CC2)nnn1-c1ccc(F)cc1. The van der Waals surface area contributed by atoms with Crippen molar-refractivity contribution in [2.24, 2.45) is 0 Å². The number of halogens is 1. The van der Waals surface area contributed by atoms with Gasteiger partial charge in [-0.1, -0.05) is 23.4 Å². The number of carbonyl (C=O) groups is 1. The van der Waals surface area contributed by atoms with E-state index in [9.17, 15) is 9.18 Å². The number of carbonyl (C=O) groups excluding carboxylic acids is 1. The van der Waals surface area contributed by atoms with E-state index in [1.165, 1.54) is 17.8 Å². The molecule has 0 radical (unpaired) electrons. The van der Waals surface area contributed by atoms with Crippen LogP contribution in [0.4, 0.5) is 10.1 Å². The number of nitrogens with zero attached hydrogens (tertiary/aromatic N) is 5. The molecular formula is C21H22FN5O. The molecule has 144 valence electrons. The van der Waals surface area contributed by atoms with Gasteiger partial charge in [-0.05, 0) is 49.7 Å². The Morgan fingerprint density at radius 2 is 1.68 bits per heavy atom. The molecule has 0 spiro atoms. The van der Waals surface area contributed by atoms with Crippen LogP contribution in [0.1, 0.15) is 22.6 Å². The molecule has 1 aromatic heterocycles. The average molecular weight is 379 g/mol. The summed E-state index contributed by atoms with van der Waals surface area (Å²) in [6, 6.07) is 16.2. The van der Waals surface area contributed by atoms with Gasteiger partial charge in [0.15, 0.2) is 5.69 Å². The number of amides is 1. The second-order valence-electron chi connectivity index (χ2n) is 6.88. The van der Waals surface area contributed by atoms with Crippen molar-refractivity contribution in [1.82, 2.24) is 19.9 Å². The molecule has 1 fully saturated rings. The molecule has 0 N–H and O–H groups in total. The maximum absolute atomic E-state index is 13.2. The van der Waals surface area contributed by atoms with E-state index in [0.29, 0.717) is 30.2 Å². The fraction of sp³-hybridized carbons (Fsp3) is 0.286. The van der Waals surface area contributed by atoms with Crippen LogP contribution in [-0.4, -0.2) is 52.0 Å². The zero-order valence-corrected chi connectivity index (χ0v) is 15.8. The minimum Gasteiger partial charge on any atom is -0.370 e. The molecule has 6 nitrogen and oxygen atoms in total. The van der Waals surface area contributed by atoms with Gasteiger partial charge in [0, 0.05) is 31.9 Å². The summed E-state index contributed by atoms with van der Waals surface area (Å²) in [7, 11) is 0. The molecule has 1 aliphatic heterocycles. The van der Waals surface area contributed by atoms with Gasteiger partial charge in [0.2, 0.25) is 0 Å². The van der Waals surface area contributed by atoms with Crippen LogP contribution in [0.3, 0.4) is 0 Å². The van der Waals surface area contributed by atoms with Gasteiger partial charge in [0.25, 0.3) is 5.91 Å². The van der Waals surface area contributed by atoms with Gasteiger partial charge in [-0.2, -0.15) is 0 Å². The fourth-order valence-corrected chi connectivity index (χ4v) is 3.52. The van der Waals surface area contributed by atoms with Gasteiger partial charge in [-0.25, -0.2) is 9.07 Å². The third-order valence-electron chi connectivity index (χ3n) is 5.07. The van der Waals surface area contributed by atoms with Crippen LogP contribution in [0.25, 0.3) is 5.69 Å². The Hall–Kier alpha value is -3.22. The normalized spacial score (nSPS) is 14.8. The molecule has 0 saturated carbocycles. The fourth-order valence-electron chi connectivity index (χ4n) is 3.52. The lowest BCUT2D eigenvalue weighted by Gasteiger charge is -2.23. The van der Waals surface area contributed by atoms with Crippen molar-refractivity contribution in [3.05, 3.63) is 71.8 Å². The molecule has 1 aliphatic rings. The van der Waals surface area contributed by atoms with Crippen LogP contribution in [-0.2, 0) is 0 Å². The van der Waals surface area contributed by atoms with Crippen molar-refractivity contribution in [3.63, 3.8) is 0 Å². The van der Waals surface area contributed by atoms with E-state index in [2.05, 4.69) is 27.3 Å². The quantitative estimate of drug-likeness (QED) is 0.702. The topological polar surface area (TPSA) is 54.3 Å². The molecule has 3 aromatic rings. The first kappa shape index (κ1) is 18.2. The van der Waals surface area contributed by atoms with Crippen molar-refractivity contribution >= 4 is 11.6 Å². The van der Waals surface area contributed by atoms with E-state index < -0.39 is 0 Å². The first-order valence-corrected chi connectivity index (χ1v) is 9.41. The molecule has 0 unspecified atom stereocenters. The van der Waals surface area contributed by atoms with Gasteiger partial charge in [-0.15, -0.1) is 5.10 Å². The lowest BCUT2D eigenvalue weighted by Crippen LogP contribution is -2.35. The van der Waals surface area contributed by atoms with E-state index in [1.807, 2.05) is 30.0 Å². The number of anilines is 1. The molecule has 4 rings (SSSR count). The number of aromatic nitrogens is 3. The Labute approximate surface area is 163 Å². The third-order valence-corrected chi connectivity index (χ3v) is 5.07. The Morgan fingerprint density at radius 1 is 0.929 bits per heavy atom. The molecule has 0 atom stereocenters. The highest BCUT2D eigenvalue weighted by Crippen LogP contribution is 2.18. The molecular weight excluding hydrogens is 357 g/mol. The molecule has 2 aromatic carbocycles. The molecule has 7 heteroatoms. The van der Waals surface area contributed by atoms with Crippen LogP contribution in [0.2, 0.25) is 0 Å². The Bertz CT molecular complexity index is 955. The largest absolute Gasteiger partial charge is 0.370 e. The summed E-state index contributed by atoms with van der Waals surface area (Å²) in [6.45, 7) is 4.82. The Morgan fingerprint density at radius 3 is 2.43 bits per heavy atom. The third kappa shape index (κ3) is 3.60. The van der Waals surface area contributed by atoms with Crippen molar-refractivity contribution in [2.75, 3.05) is 31.1 Å². The standard InChI is InChI=1S/C21H22FN5O/c1-16-20(23-24-27(16)19-10-8-17(22)9-11-19)21(28)26-13-5-12-25(14-15-26)18-6-3-2-4-7-18/h2-4,6-11H,5,12-15H2,1H3. The highest BCUT2D eigenvalue weighted by Gasteiger charge is 2.25. The summed E-state index contributed by atoms with van der Waals surface area (Å²) in [5, 5.41) is 8.22. The van der Waals surface area contributed by atoms with E-state index in [0.717, 1.165) is 19.5 Å². The summed E-state index contributed by atoms with van der Waals surface area (Å²) in [6.07, 6.45) is 0.895. The van der Waals surface area contributed by atoms with Crippen LogP contribution >= 0.6 is 0 Å². The van der Waals surface area contributed by atoms with Crippen molar-refractivity contribution in [3.8, 4) is 5.69 Å². The second kappa shape index (κ2) is 7.80. The van der Waals surface area contributed by atoms with Gasteiger partial charge in [0.1, 0.15) is 5.82 Å². The lowest BCUT2D eigenvalue weighted by molar-refractivity contribution is 0.0760. The average Bonchev–Trinajstić information content (AvgIpc) is 2.94. The number of hydrogen-bond acceptors (Lipinski definition) is 4. The minimum atomic E-state index is -0.314. The molecule has 1 amide bonds. The summed E-state index contributed by atoms with van der Waals surface area (Å²) < 4.78 is 14.7. The summed E-state index contributed by atoms with van der Waals surface area (Å²) in [5.41, 5.74) is 2.85. The second-order valence-corrected chi connectivity index (χ2v) is 6.88. The zero-order chi connectivity index (χ0) is 19.5. The van der Waals surface area contributed by atoms with Crippen LogP contribution in [0.5, 0.6) is 0 Å². The number of hydrogen-bond donors (Lipinski definition) is 0. The predicted molar refractivity (Wildman–Crippen MR) is 105 cm³/mol. The van der Waals surface area contributed by atoms with Crippen LogP contribution in [0, 0.1) is 12.7 Å². The minimum absolute atomic E-state index is 0.110. The maximum Gasteiger partial charge on any atom is 0.276 e. The number of benzene rings is 2. The van der Waals surface area contributed by atoms with Gasteiger partial charge < -0.3 is 9.80 Å². The van der Waals surface area contributed by atoms with E-state index in [-0.39, 0.29) is 11.7 Å². The van der Waals surface area contributed by atoms with Crippen molar-refractivity contribution in [1.29, 1.82) is 0 Å². The van der Waals surface area contributed by atoms with Crippen molar-refractivity contribution in [2.45, 2.75) is 13.3 Å². The Kier molecular flexibility index (Phi) is 5.06. The summed E-state index contributed by atoms with van der Waals surface area (Å²) in [4.78, 5) is 17.2.